The van der Waals surface area contributed by atoms with Gasteiger partial charge in [-0.25, -0.2) is 8.42 Å². The summed E-state index contributed by atoms with van der Waals surface area (Å²) in [4.78, 5) is 1.96. The van der Waals surface area contributed by atoms with Crippen LogP contribution in [0.4, 0.5) is 32.0 Å². The van der Waals surface area contributed by atoms with Gasteiger partial charge in [0.25, 0.3) is 0 Å². The molecule has 1 saturated heterocycles. The molecule has 176 valence electrons. The molecular weight excluding hydrogens is 450 g/mol. The van der Waals surface area contributed by atoms with E-state index in [2.05, 4.69) is 0 Å². The van der Waals surface area contributed by atoms with Gasteiger partial charge in [0.15, 0.2) is 9.84 Å². The minimum Gasteiger partial charge on any atom is -0.381 e. The largest absolute Gasteiger partial charge is 0.417 e. The van der Waals surface area contributed by atoms with Crippen molar-refractivity contribution in [2.75, 3.05) is 44.7 Å². The Kier molecular flexibility index (Phi) is 6.83. The zero-order valence-corrected chi connectivity index (χ0v) is 17.7. The first-order chi connectivity index (χ1) is 14.3. The van der Waals surface area contributed by atoms with Crippen LogP contribution in [0.2, 0.25) is 0 Å². The Morgan fingerprint density at radius 3 is 2.19 bits per heavy atom. The fourth-order valence-electron chi connectivity index (χ4n) is 4.18. The van der Waals surface area contributed by atoms with Crippen molar-refractivity contribution in [1.82, 2.24) is 4.90 Å². The molecule has 1 aromatic carbocycles. The molecule has 0 aromatic heterocycles. The Balaban J connectivity index is 1.83. The number of hydrogen-bond donors (Lipinski definition) is 0. The van der Waals surface area contributed by atoms with Gasteiger partial charge < -0.3 is 9.64 Å². The van der Waals surface area contributed by atoms with E-state index in [9.17, 15) is 34.8 Å². The van der Waals surface area contributed by atoms with E-state index >= 15 is 0 Å². The molecule has 5 nitrogen and oxygen atoms in total. The number of nitrogens with zero attached hydrogens (tertiary/aromatic N) is 2. The van der Waals surface area contributed by atoms with E-state index in [1.165, 1.54) is 23.0 Å². The second kappa shape index (κ2) is 8.78. The second-order valence-corrected chi connectivity index (χ2v) is 10.1. The number of alkyl halides is 6. The highest BCUT2D eigenvalue weighted by Gasteiger charge is 2.42. The molecule has 0 bridgehead atoms. The zero-order valence-electron chi connectivity index (χ0n) is 16.8. The van der Waals surface area contributed by atoms with Crippen molar-refractivity contribution in [3.8, 4) is 0 Å². The van der Waals surface area contributed by atoms with Crippen LogP contribution < -0.4 is 4.90 Å². The summed E-state index contributed by atoms with van der Waals surface area (Å²) in [5.41, 5.74) is -1.11. The van der Waals surface area contributed by atoms with Crippen molar-refractivity contribution in [2.45, 2.75) is 47.9 Å². The van der Waals surface area contributed by atoms with Crippen LogP contribution in [0, 0.1) is 0 Å². The molecule has 1 aromatic rings. The van der Waals surface area contributed by atoms with E-state index in [1.807, 2.05) is 0 Å². The maximum atomic E-state index is 13.8. The normalized spacial score (nSPS) is 24.0. The number of methoxy groups -OCH3 is 1. The number of sulfone groups is 1. The third-order valence-electron chi connectivity index (χ3n) is 5.82. The first-order valence-electron chi connectivity index (χ1n) is 9.83. The molecule has 0 amide bonds. The Morgan fingerprint density at radius 2 is 1.68 bits per heavy atom. The van der Waals surface area contributed by atoms with E-state index in [0.29, 0.717) is 6.42 Å². The van der Waals surface area contributed by atoms with Gasteiger partial charge in [0.2, 0.25) is 0 Å². The molecule has 0 N–H and O–H groups in total. The number of ether oxygens (including phenoxy) is 1. The van der Waals surface area contributed by atoms with Gasteiger partial charge in [-0.3, -0.25) is 4.90 Å². The van der Waals surface area contributed by atoms with Gasteiger partial charge in [-0.15, -0.1) is 0 Å². The van der Waals surface area contributed by atoms with Crippen molar-refractivity contribution in [1.29, 1.82) is 0 Å². The lowest BCUT2D eigenvalue weighted by Gasteiger charge is -2.36. The molecule has 1 aliphatic heterocycles. The van der Waals surface area contributed by atoms with Crippen LogP contribution in [0.15, 0.2) is 23.1 Å². The second-order valence-electron chi connectivity index (χ2n) is 7.89. The highest BCUT2D eigenvalue weighted by atomic mass is 32.2. The monoisotopic (exact) mass is 474 g/mol. The predicted molar refractivity (Wildman–Crippen MR) is 102 cm³/mol. The van der Waals surface area contributed by atoms with E-state index in [-0.39, 0.29) is 50.8 Å². The Bertz CT molecular complexity index is 880. The maximum absolute atomic E-state index is 13.8. The number of hydrogen-bond acceptors (Lipinski definition) is 5. The van der Waals surface area contributed by atoms with Crippen molar-refractivity contribution >= 4 is 15.5 Å². The molecule has 1 saturated carbocycles. The van der Waals surface area contributed by atoms with Gasteiger partial charge in [-0.2, -0.15) is 26.3 Å². The molecule has 0 radical (unpaired) electrons. The molecule has 2 fully saturated rings. The fraction of sp³-hybridized carbons (Fsp3) is 0.684. The first kappa shape index (κ1) is 24.1. The number of piperazine rings is 1. The summed E-state index contributed by atoms with van der Waals surface area (Å²) in [5, 5.41) is -0.949. The van der Waals surface area contributed by atoms with Crippen LogP contribution in [0.3, 0.4) is 0 Å². The Hall–Kier alpha value is -1.53. The number of rotatable bonds is 5. The smallest absolute Gasteiger partial charge is 0.381 e. The third-order valence-corrected chi connectivity index (χ3v) is 8.10. The molecule has 12 heteroatoms. The van der Waals surface area contributed by atoms with E-state index < -0.39 is 44.4 Å². The minimum absolute atomic E-state index is 0.0430. The summed E-state index contributed by atoms with van der Waals surface area (Å²) in [6.45, 7) is -0.770. The van der Waals surface area contributed by atoms with Crippen LogP contribution in [-0.4, -0.2) is 70.7 Å². The lowest BCUT2D eigenvalue weighted by atomic mass is 10.1. The molecule has 1 aliphatic carbocycles. The summed E-state index contributed by atoms with van der Waals surface area (Å²) in [6, 6.07) is 3.05. The van der Waals surface area contributed by atoms with Crippen LogP contribution in [-0.2, 0) is 20.8 Å². The molecule has 3 rings (SSSR count). The average Bonchev–Trinajstić information content (AvgIpc) is 3.16. The van der Waals surface area contributed by atoms with Crippen molar-refractivity contribution in [3.63, 3.8) is 0 Å². The third kappa shape index (κ3) is 5.64. The summed E-state index contributed by atoms with van der Waals surface area (Å²) in [6.07, 6.45) is -8.72. The van der Waals surface area contributed by atoms with Gasteiger partial charge in [-0.05, 0) is 37.5 Å². The lowest BCUT2D eigenvalue weighted by molar-refractivity contribution is -0.146. The summed E-state index contributed by atoms with van der Waals surface area (Å²) in [7, 11) is -2.79. The number of anilines is 1. The van der Waals surface area contributed by atoms with E-state index in [1.54, 1.807) is 0 Å². The maximum Gasteiger partial charge on any atom is 0.417 e. The van der Waals surface area contributed by atoms with Crippen LogP contribution in [0.5, 0.6) is 0 Å². The molecule has 0 spiro atoms. The summed E-state index contributed by atoms with van der Waals surface area (Å²) in [5.74, 6) is 0. The molecule has 31 heavy (non-hydrogen) atoms. The minimum atomic E-state index is -4.89. The van der Waals surface area contributed by atoms with E-state index in [4.69, 9.17) is 4.74 Å². The molecule has 1 heterocycles. The highest BCUT2D eigenvalue weighted by molar-refractivity contribution is 7.92. The lowest BCUT2D eigenvalue weighted by Crippen LogP contribution is -2.49. The van der Waals surface area contributed by atoms with Crippen molar-refractivity contribution in [3.05, 3.63) is 23.8 Å². The van der Waals surface area contributed by atoms with Gasteiger partial charge in [0, 0.05) is 39.0 Å². The van der Waals surface area contributed by atoms with Gasteiger partial charge >= 0.3 is 12.4 Å². The van der Waals surface area contributed by atoms with Crippen LogP contribution in [0.25, 0.3) is 0 Å². The number of halogens is 6. The average molecular weight is 474 g/mol. The predicted octanol–water partition coefficient (Wildman–Crippen LogP) is 3.73. The molecule has 2 atom stereocenters. The summed E-state index contributed by atoms with van der Waals surface area (Å²) >= 11 is 0. The highest BCUT2D eigenvalue weighted by Crippen LogP contribution is 2.40. The first-order valence-corrected chi connectivity index (χ1v) is 11.4. The topological polar surface area (TPSA) is 49.9 Å². The Morgan fingerprint density at radius 1 is 1.03 bits per heavy atom. The molecule has 0 unspecified atom stereocenters. The Labute approximate surface area is 176 Å². The summed E-state index contributed by atoms with van der Waals surface area (Å²) < 4.78 is 110. The van der Waals surface area contributed by atoms with Gasteiger partial charge in [-0.1, -0.05) is 0 Å². The zero-order chi connectivity index (χ0) is 23.0. The number of benzene rings is 1. The SMILES string of the molecule is CO[C@H]1CC[C@H](S(=O)(=O)c2ccc(N3CCN(CC(F)(F)F)CC3)cc2C(F)(F)F)C1. The van der Waals surface area contributed by atoms with E-state index in [0.717, 1.165) is 12.1 Å². The van der Waals surface area contributed by atoms with Gasteiger partial charge in [0.05, 0.1) is 28.4 Å². The quantitative estimate of drug-likeness (QED) is 0.609. The van der Waals surface area contributed by atoms with Crippen LogP contribution >= 0.6 is 0 Å². The van der Waals surface area contributed by atoms with Gasteiger partial charge in [0.1, 0.15) is 0 Å². The van der Waals surface area contributed by atoms with Crippen LogP contribution in [0.1, 0.15) is 24.8 Å². The standard InChI is InChI=1S/C19H24F6N2O3S/c1-30-14-3-4-15(11-14)31(28,29)17-5-2-13(10-16(17)19(23,24)25)27-8-6-26(7-9-27)12-18(20,21)22/h2,5,10,14-15H,3-4,6-9,11-12H2,1H3/t14-,15-/m0/s1. The van der Waals surface area contributed by atoms with Crippen molar-refractivity contribution < 1.29 is 39.5 Å². The molecule has 2 aliphatic rings. The van der Waals surface area contributed by atoms with Crippen molar-refractivity contribution in [2.24, 2.45) is 0 Å². The fourth-order valence-corrected chi connectivity index (χ4v) is 6.19. The molecular formula is C19H24F6N2O3S.